The SMILES string of the molecule is CC.CC.CC1NON=C1C(=O)N[C@H](C1Nc2ccc(C3(C(=O)NCC(F)(F)F)CCC(F)(F)CC3)nc2N1)C(C1CC1)C1CC1.[HH].[HH]. The van der Waals surface area contributed by atoms with Crippen LogP contribution in [0, 0.1) is 17.8 Å². The summed E-state index contributed by atoms with van der Waals surface area (Å²) in [6.45, 7) is 8.20. The van der Waals surface area contributed by atoms with Crippen molar-refractivity contribution in [2.45, 2.75) is 122 Å². The first-order valence-corrected chi connectivity index (χ1v) is 16.4. The molecule has 5 N–H and O–H groups in total. The van der Waals surface area contributed by atoms with E-state index < -0.39 is 49.0 Å². The molecule has 10 nitrogen and oxygen atoms in total. The summed E-state index contributed by atoms with van der Waals surface area (Å²) in [5, 5.41) is 15.6. The van der Waals surface area contributed by atoms with Gasteiger partial charge in [-0.3, -0.25) is 14.5 Å². The van der Waals surface area contributed by atoms with Gasteiger partial charge in [0.15, 0.2) is 11.5 Å². The van der Waals surface area contributed by atoms with E-state index in [0.29, 0.717) is 23.3 Å². The van der Waals surface area contributed by atoms with E-state index in [4.69, 9.17) is 4.94 Å². The molecule has 15 heteroatoms. The van der Waals surface area contributed by atoms with Gasteiger partial charge in [-0.2, -0.15) is 13.2 Å². The number of aromatic nitrogens is 1. The standard InChI is InChI=1S/C27H34F5N7O3.2C2H6.2H2/c1-13-19(39-42-38-13)23(40)36-20(18(14-2-3-14)15-4-5-15)22-34-16-6-7-17(35-21(16)37-22)25(8-10-26(28,29)11-9-25)24(41)33-12-27(30,31)32;2*1-2;;/h6-7,13-15,18,20,22,34,38H,2-5,8-12H2,1H3,(H,33,41)(H,35,37)(H,36,40);2*1-2H3;2*1H/t13?,20-,22?;;;;/m0..../s1. The Labute approximate surface area is 269 Å². The van der Waals surface area contributed by atoms with Crippen LogP contribution in [0.15, 0.2) is 17.3 Å². The Kier molecular flexibility index (Phi) is 11.0. The van der Waals surface area contributed by atoms with Crippen molar-refractivity contribution in [2.75, 3.05) is 17.2 Å². The monoisotopic (exact) mass is 663 g/mol. The number of nitrogens with one attached hydrogen (secondary N) is 5. The molecule has 1 aromatic rings. The van der Waals surface area contributed by atoms with Crippen LogP contribution in [0.2, 0.25) is 0 Å². The average molecular weight is 664 g/mol. The van der Waals surface area contributed by atoms with E-state index in [1.54, 1.807) is 13.0 Å². The Morgan fingerprint density at radius 1 is 1.02 bits per heavy atom. The van der Waals surface area contributed by atoms with Crippen LogP contribution >= 0.6 is 0 Å². The largest absolute Gasteiger partial charge is 0.405 e. The lowest BCUT2D eigenvalue weighted by Gasteiger charge is -2.38. The molecule has 2 aliphatic heterocycles. The first-order valence-electron chi connectivity index (χ1n) is 16.4. The van der Waals surface area contributed by atoms with Crippen molar-refractivity contribution in [1.29, 1.82) is 0 Å². The molecular formula is C31H50F5N7O3. The van der Waals surface area contributed by atoms with Crippen LogP contribution in [0.1, 0.15) is 94.5 Å². The quantitative estimate of drug-likeness (QED) is 0.202. The van der Waals surface area contributed by atoms with Crippen LogP contribution in [-0.2, 0) is 19.9 Å². The zero-order valence-electron chi connectivity index (χ0n) is 27.0. The number of pyridine rings is 1. The Morgan fingerprint density at radius 2 is 1.63 bits per heavy atom. The van der Waals surface area contributed by atoms with Crippen molar-refractivity contribution < 1.29 is 39.3 Å². The first-order chi connectivity index (χ1) is 21.9. The second-order valence-corrected chi connectivity index (χ2v) is 12.3. The first kappa shape index (κ1) is 35.6. The van der Waals surface area contributed by atoms with Gasteiger partial charge in [0, 0.05) is 15.7 Å². The minimum Gasteiger partial charge on any atom is -0.361 e. The second-order valence-electron chi connectivity index (χ2n) is 12.3. The van der Waals surface area contributed by atoms with Gasteiger partial charge < -0.3 is 21.3 Å². The molecular weight excluding hydrogens is 613 g/mol. The van der Waals surface area contributed by atoms with Gasteiger partial charge in [0.25, 0.3) is 5.91 Å². The number of hydrogen-bond acceptors (Lipinski definition) is 8. The van der Waals surface area contributed by atoms with Gasteiger partial charge in [0.1, 0.15) is 12.7 Å². The van der Waals surface area contributed by atoms with Crippen LogP contribution in [0.4, 0.5) is 33.5 Å². The summed E-state index contributed by atoms with van der Waals surface area (Å²) < 4.78 is 67.0. The molecule has 6 rings (SSSR count). The number of amides is 2. The highest BCUT2D eigenvalue weighted by Gasteiger charge is 2.52. The molecule has 3 atom stereocenters. The van der Waals surface area contributed by atoms with Crippen molar-refractivity contribution in [2.24, 2.45) is 22.9 Å². The number of halogens is 5. The summed E-state index contributed by atoms with van der Waals surface area (Å²) in [5.41, 5.74) is 1.93. The van der Waals surface area contributed by atoms with Crippen molar-refractivity contribution >= 4 is 29.0 Å². The van der Waals surface area contributed by atoms with Crippen LogP contribution in [-0.4, -0.2) is 59.4 Å². The number of nitrogens with zero attached hydrogens (tertiary/aromatic N) is 2. The molecule has 0 saturated heterocycles. The highest BCUT2D eigenvalue weighted by atomic mass is 19.4. The number of rotatable bonds is 9. The van der Waals surface area contributed by atoms with Crippen molar-refractivity contribution in [3.63, 3.8) is 0 Å². The van der Waals surface area contributed by atoms with Gasteiger partial charge in [-0.15, -0.1) is 5.48 Å². The van der Waals surface area contributed by atoms with E-state index in [9.17, 15) is 31.5 Å². The predicted octanol–water partition coefficient (Wildman–Crippen LogP) is 6.12. The molecule has 3 aliphatic carbocycles. The topological polar surface area (TPSA) is 129 Å². The molecule has 3 saturated carbocycles. The smallest absolute Gasteiger partial charge is 0.361 e. The minimum atomic E-state index is -4.65. The zero-order chi connectivity index (χ0) is 33.9. The van der Waals surface area contributed by atoms with Gasteiger partial charge >= 0.3 is 6.18 Å². The van der Waals surface area contributed by atoms with Gasteiger partial charge in [-0.1, -0.05) is 32.9 Å². The maximum Gasteiger partial charge on any atom is 0.405 e. The van der Waals surface area contributed by atoms with Crippen LogP contribution in [0.3, 0.4) is 0 Å². The number of hydroxylamine groups is 1. The number of oxime groups is 1. The molecule has 3 heterocycles. The van der Waals surface area contributed by atoms with Gasteiger partial charge in [0.05, 0.1) is 28.9 Å². The number of carbonyl (C=O) groups is 2. The summed E-state index contributed by atoms with van der Waals surface area (Å²) in [5.74, 6) is -2.89. The van der Waals surface area contributed by atoms with Crippen molar-refractivity contribution in [3.8, 4) is 0 Å². The molecule has 2 amide bonds. The Bertz CT molecular complexity index is 1260. The number of hydrogen-bond donors (Lipinski definition) is 5. The summed E-state index contributed by atoms with van der Waals surface area (Å²) in [6.07, 6.45) is -2.82. The van der Waals surface area contributed by atoms with E-state index in [0.717, 1.165) is 25.7 Å². The maximum atomic E-state index is 14.1. The van der Waals surface area contributed by atoms with Crippen molar-refractivity contribution in [3.05, 3.63) is 17.8 Å². The second kappa shape index (κ2) is 14.3. The molecule has 0 spiro atoms. The number of fused-ring (bicyclic) bond motifs is 1. The van der Waals surface area contributed by atoms with Crippen molar-refractivity contribution in [1.82, 2.24) is 21.1 Å². The molecule has 46 heavy (non-hydrogen) atoms. The summed E-state index contributed by atoms with van der Waals surface area (Å²) >= 11 is 0. The molecule has 1 aromatic heterocycles. The zero-order valence-corrected chi connectivity index (χ0v) is 27.0. The van der Waals surface area contributed by atoms with E-state index in [2.05, 4.69) is 31.6 Å². The lowest BCUT2D eigenvalue weighted by Crippen LogP contribution is -2.56. The molecule has 262 valence electrons. The van der Waals surface area contributed by atoms with Gasteiger partial charge in [-0.25, -0.2) is 13.8 Å². The molecule has 0 radical (unpaired) electrons. The third-order valence-corrected chi connectivity index (χ3v) is 9.13. The number of carbonyl (C=O) groups excluding carboxylic acids is 2. The van der Waals surface area contributed by atoms with E-state index in [-0.39, 0.29) is 51.0 Å². The fraction of sp³-hybridized carbons (Fsp3) is 0.742. The van der Waals surface area contributed by atoms with Gasteiger partial charge in [-0.05, 0) is 75.3 Å². The summed E-state index contributed by atoms with van der Waals surface area (Å²) in [7, 11) is 0. The average Bonchev–Trinajstić information content (AvgIpc) is 3.96. The maximum absolute atomic E-state index is 14.1. The molecule has 2 unspecified atom stereocenters. The fourth-order valence-electron chi connectivity index (χ4n) is 6.56. The lowest BCUT2D eigenvalue weighted by molar-refractivity contribution is -0.145. The van der Waals surface area contributed by atoms with Crippen LogP contribution in [0.25, 0.3) is 0 Å². The molecule has 3 fully saturated rings. The lowest BCUT2D eigenvalue weighted by atomic mass is 9.69. The van der Waals surface area contributed by atoms with E-state index in [1.807, 2.05) is 33.0 Å². The number of anilines is 2. The summed E-state index contributed by atoms with van der Waals surface area (Å²) in [4.78, 5) is 35.9. The predicted molar refractivity (Wildman–Crippen MR) is 168 cm³/mol. The third-order valence-electron chi connectivity index (χ3n) is 9.13. The van der Waals surface area contributed by atoms with Crippen LogP contribution in [0.5, 0.6) is 0 Å². The molecule has 0 bridgehead atoms. The Morgan fingerprint density at radius 3 is 2.15 bits per heavy atom. The molecule has 5 aliphatic rings. The minimum absolute atomic E-state index is 0. The fourth-order valence-corrected chi connectivity index (χ4v) is 6.56. The van der Waals surface area contributed by atoms with Gasteiger partial charge in [0.2, 0.25) is 11.8 Å². The van der Waals surface area contributed by atoms with E-state index in [1.165, 1.54) is 6.07 Å². The summed E-state index contributed by atoms with van der Waals surface area (Å²) in [6, 6.07) is 2.42. The molecule has 0 aromatic carbocycles. The third kappa shape index (κ3) is 8.00. The Hall–Kier alpha value is -3.23. The van der Waals surface area contributed by atoms with E-state index >= 15 is 0 Å². The Balaban J connectivity index is 0.00000129. The van der Waals surface area contributed by atoms with Crippen LogP contribution < -0.4 is 26.7 Å². The highest BCUT2D eigenvalue weighted by molar-refractivity contribution is 6.41. The number of alkyl halides is 5. The highest BCUT2D eigenvalue weighted by Crippen LogP contribution is 2.52. The normalized spacial score (nSPS) is 24.7.